The predicted molar refractivity (Wildman–Crippen MR) is 63.6 cm³/mol. The Bertz CT molecular complexity index is 322. The molecule has 0 aliphatic heterocycles. The minimum atomic E-state index is -0.0441. The first-order chi connectivity index (χ1) is 6.79. The molecule has 0 saturated carbocycles. The van der Waals surface area contributed by atoms with Gasteiger partial charge in [0.2, 0.25) is 0 Å². The highest BCUT2D eigenvalue weighted by Gasteiger charge is 2.09. The van der Waals surface area contributed by atoms with Gasteiger partial charge in [-0.2, -0.15) is 0 Å². The van der Waals surface area contributed by atoms with Crippen LogP contribution in [0.1, 0.15) is 24.8 Å². The molecule has 0 N–H and O–H groups in total. The van der Waals surface area contributed by atoms with Crippen LogP contribution >= 0.6 is 11.6 Å². The van der Waals surface area contributed by atoms with Crippen LogP contribution in [0.3, 0.4) is 0 Å². The number of allylic oxidation sites excluding steroid dienone is 4. The number of rotatable bonds is 3. The summed E-state index contributed by atoms with van der Waals surface area (Å²) >= 11 is 6.33. The second kappa shape index (κ2) is 5.66. The second-order valence-electron chi connectivity index (χ2n) is 3.06. The van der Waals surface area contributed by atoms with E-state index in [1.807, 2.05) is 62.4 Å². The van der Waals surface area contributed by atoms with Crippen molar-refractivity contribution < 1.29 is 0 Å². The van der Waals surface area contributed by atoms with Gasteiger partial charge in [0.15, 0.2) is 0 Å². The van der Waals surface area contributed by atoms with Gasteiger partial charge in [-0.05, 0) is 25.0 Å². The Morgan fingerprint density at radius 3 is 2.36 bits per heavy atom. The van der Waals surface area contributed by atoms with Crippen LogP contribution in [0.15, 0.2) is 54.1 Å². The van der Waals surface area contributed by atoms with Gasteiger partial charge in [-0.25, -0.2) is 0 Å². The molecule has 1 aromatic rings. The van der Waals surface area contributed by atoms with E-state index in [-0.39, 0.29) is 5.38 Å². The molecule has 0 amide bonds. The summed E-state index contributed by atoms with van der Waals surface area (Å²) in [7, 11) is 0. The molecule has 0 heterocycles. The minimum Gasteiger partial charge on any atom is -0.113 e. The average Bonchev–Trinajstić information content (AvgIpc) is 2.26. The monoisotopic (exact) mass is 206 g/mol. The largest absolute Gasteiger partial charge is 0.113 e. The van der Waals surface area contributed by atoms with Gasteiger partial charge in [-0.15, -0.1) is 11.6 Å². The quantitative estimate of drug-likeness (QED) is 0.505. The Morgan fingerprint density at radius 2 is 1.86 bits per heavy atom. The molecule has 0 bridgehead atoms. The molecule has 74 valence electrons. The van der Waals surface area contributed by atoms with Gasteiger partial charge in [-0.1, -0.05) is 48.6 Å². The van der Waals surface area contributed by atoms with Crippen LogP contribution in [0.25, 0.3) is 0 Å². The van der Waals surface area contributed by atoms with Crippen LogP contribution in [-0.4, -0.2) is 0 Å². The minimum absolute atomic E-state index is 0.0441. The Morgan fingerprint density at radius 1 is 1.21 bits per heavy atom. The Balaban J connectivity index is 2.89. The average molecular weight is 207 g/mol. The lowest BCUT2D eigenvalue weighted by Crippen LogP contribution is -1.92. The van der Waals surface area contributed by atoms with Crippen molar-refractivity contribution in [3.05, 3.63) is 59.7 Å². The fourth-order valence-corrected chi connectivity index (χ4v) is 1.68. The van der Waals surface area contributed by atoms with E-state index in [1.165, 1.54) is 0 Å². The van der Waals surface area contributed by atoms with Crippen molar-refractivity contribution in [2.24, 2.45) is 0 Å². The van der Waals surface area contributed by atoms with Crippen LogP contribution < -0.4 is 0 Å². The molecule has 0 saturated heterocycles. The maximum Gasteiger partial charge on any atom is 0.0832 e. The smallest absolute Gasteiger partial charge is 0.0832 e. The molecule has 0 aliphatic rings. The summed E-state index contributed by atoms with van der Waals surface area (Å²) in [5, 5.41) is -0.0441. The van der Waals surface area contributed by atoms with Crippen molar-refractivity contribution >= 4 is 11.6 Å². The van der Waals surface area contributed by atoms with Crippen molar-refractivity contribution in [3.8, 4) is 0 Å². The molecule has 0 spiro atoms. The summed E-state index contributed by atoms with van der Waals surface area (Å²) in [6, 6.07) is 10.1. The van der Waals surface area contributed by atoms with E-state index in [4.69, 9.17) is 11.6 Å². The van der Waals surface area contributed by atoms with E-state index in [9.17, 15) is 0 Å². The van der Waals surface area contributed by atoms with Gasteiger partial charge < -0.3 is 0 Å². The van der Waals surface area contributed by atoms with Crippen molar-refractivity contribution in [1.82, 2.24) is 0 Å². The lowest BCUT2D eigenvalue weighted by atomic mass is 10.0. The third-order valence-electron chi connectivity index (χ3n) is 2.08. The van der Waals surface area contributed by atoms with Crippen LogP contribution in [0.2, 0.25) is 0 Å². The number of hydrogen-bond acceptors (Lipinski definition) is 0. The zero-order valence-corrected chi connectivity index (χ0v) is 9.33. The standard InChI is InChI=1S/C13H15Cl/c1-3-8-11(4-2)13(14)12-9-6-5-7-10-12/h3-10,13H,1-2H3/b8-3-,11-4+. The van der Waals surface area contributed by atoms with Crippen LogP contribution in [0.4, 0.5) is 0 Å². The lowest BCUT2D eigenvalue weighted by Gasteiger charge is -2.10. The zero-order valence-electron chi connectivity index (χ0n) is 8.57. The molecule has 0 fully saturated rings. The number of halogens is 1. The van der Waals surface area contributed by atoms with Gasteiger partial charge >= 0.3 is 0 Å². The van der Waals surface area contributed by atoms with Gasteiger partial charge in [0.05, 0.1) is 5.38 Å². The highest BCUT2D eigenvalue weighted by molar-refractivity contribution is 6.22. The molecule has 14 heavy (non-hydrogen) atoms. The van der Waals surface area contributed by atoms with Crippen molar-refractivity contribution in [1.29, 1.82) is 0 Å². The van der Waals surface area contributed by atoms with Gasteiger partial charge in [0.25, 0.3) is 0 Å². The summed E-state index contributed by atoms with van der Waals surface area (Å²) in [6.45, 7) is 4.01. The number of alkyl halides is 1. The first-order valence-electron chi connectivity index (χ1n) is 4.77. The topological polar surface area (TPSA) is 0 Å². The maximum absolute atomic E-state index is 6.33. The van der Waals surface area contributed by atoms with Gasteiger partial charge in [-0.3, -0.25) is 0 Å². The molecule has 1 rings (SSSR count). The van der Waals surface area contributed by atoms with Crippen LogP contribution in [0, 0.1) is 0 Å². The van der Waals surface area contributed by atoms with E-state index < -0.39 is 0 Å². The molecule has 0 aliphatic carbocycles. The Hall–Kier alpha value is -1.01. The number of hydrogen-bond donors (Lipinski definition) is 0. The predicted octanol–water partition coefficient (Wildman–Crippen LogP) is 4.49. The highest BCUT2D eigenvalue weighted by Crippen LogP contribution is 2.28. The van der Waals surface area contributed by atoms with Gasteiger partial charge in [0, 0.05) is 0 Å². The normalized spacial score (nSPS) is 14.6. The fourth-order valence-electron chi connectivity index (χ4n) is 1.33. The number of benzene rings is 1. The highest BCUT2D eigenvalue weighted by atomic mass is 35.5. The summed E-state index contributed by atoms with van der Waals surface area (Å²) in [6.07, 6.45) is 6.10. The van der Waals surface area contributed by atoms with Crippen molar-refractivity contribution in [2.45, 2.75) is 19.2 Å². The van der Waals surface area contributed by atoms with Gasteiger partial charge in [0.1, 0.15) is 0 Å². The third-order valence-corrected chi connectivity index (χ3v) is 2.58. The second-order valence-corrected chi connectivity index (χ2v) is 3.50. The van der Waals surface area contributed by atoms with Crippen LogP contribution in [0.5, 0.6) is 0 Å². The fraction of sp³-hybridized carbons (Fsp3) is 0.231. The molecule has 1 heteroatoms. The van der Waals surface area contributed by atoms with E-state index in [0.717, 1.165) is 11.1 Å². The Labute approximate surface area is 90.9 Å². The molecule has 0 aromatic heterocycles. The molecule has 1 unspecified atom stereocenters. The van der Waals surface area contributed by atoms with Crippen LogP contribution in [-0.2, 0) is 0 Å². The maximum atomic E-state index is 6.33. The van der Waals surface area contributed by atoms with Crippen molar-refractivity contribution in [2.75, 3.05) is 0 Å². The molecule has 1 aromatic carbocycles. The van der Waals surface area contributed by atoms with E-state index in [0.29, 0.717) is 0 Å². The van der Waals surface area contributed by atoms with E-state index >= 15 is 0 Å². The zero-order chi connectivity index (χ0) is 10.4. The summed E-state index contributed by atoms with van der Waals surface area (Å²) in [4.78, 5) is 0. The lowest BCUT2D eigenvalue weighted by molar-refractivity contribution is 1.13. The summed E-state index contributed by atoms with van der Waals surface area (Å²) < 4.78 is 0. The molecular weight excluding hydrogens is 192 g/mol. The molecule has 1 atom stereocenters. The van der Waals surface area contributed by atoms with Crippen molar-refractivity contribution in [3.63, 3.8) is 0 Å². The van der Waals surface area contributed by atoms with E-state index in [1.54, 1.807) is 0 Å². The summed E-state index contributed by atoms with van der Waals surface area (Å²) in [5.74, 6) is 0. The molecule has 0 radical (unpaired) electrons. The SMILES string of the molecule is C/C=C\C(=C/C)C(Cl)c1ccccc1. The van der Waals surface area contributed by atoms with E-state index in [2.05, 4.69) is 0 Å². The first-order valence-corrected chi connectivity index (χ1v) is 5.21. The first kappa shape index (κ1) is 11.1. The summed E-state index contributed by atoms with van der Waals surface area (Å²) in [5.41, 5.74) is 2.28. The molecule has 0 nitrogen and oxygen atoms in total. The Kier molecular flexibility index (Phi) is 4.48. The molecular formula is C13H15Cl. The third kappa shape index (κ3) is 2.74.